The van der Waals surface area contributed by atoms with Gasteiger partial charge in [0.1, 0.15) is 6.54 Å². The molecule has 0 aliphatic carbocycles. The Balaban J connectivity index is 1.50. The van der Waals surface area contributed by atoms with Crippen LogP contribution in [0.4, 0.5) is 10.5 Å². The van der Waals surface area contributed by atoms with Crippen molar-refractivity contribution in [1.82, 2.24) is 14.8 Å². The Labute approximate surface area is 212 Å². The van der Waals surface area contributed by atoms with E-state index in [-0.39, 0.29) is 24.5 Å². The van der Waals surface area contributed by atoms with Gasteiger partial charge in [-0.25, -0.2) is 4.79 Å². The first kappa shape index (κ1) is 25.0. The largest absolute Gasteiger partial charge is 0.361 e. The van der Waals surface area contributed by atoms with Crippen LogP contribution in [0, 0.1) is 6.92 Å². The minimum atomic E-state index is -0.281. The Morgan fingerprint density at radius 2 is 1.61 bits per heavy atom. The summed E-state index contributed by atoms with van der Waals surface area (Å²) < 4.78 is 0. The molecular formula is C30H34N4O2. The topological polar surface area (TPSA) is 68.4 Å². The number of benzene rings is 3. The van der Waals surface area contributed by atoms with Crippen molar-refractivity contribution in [3.63, 3.8) is 0 Å². The van der Waals surface area contributed by atoms with E-state index in [0.717, 1.165) is 17.5 Å². The quantitative estimate of drug-likeness (QED) is 0.308. The number of aromatic amines is 1. The van der Waals surface area contributed by atoms with Crippen LogP contribution in [0.25, 0.3) is 10.9 Å². The van der Waals surface area contributed by atoms with Crippen molar-refractivity contribution < 1.29 is 9.59 Å². The number of hydrogen-bond acceptors (Lipinski definition) is 2. The summed E-state index contributed by atoms with van der Waals surface area (Å²) in [6, 6.07) is 25.3. The van der Waals surface area contributed by atoms with Crippen molar-refractivity contribution in [3.8, 4) is 0 Å². The van der Waals surface area contributed by atoms with Gasteiger partial charge in [-0.15, -0.1) is 0 Å². The summed E-state index contributed by atoms with van der Waals surface area (Å²) in [5.74, 6) is -0.0765. The number of anilines is 1. The maximum absolute atomic E-state index is 13.6. The Morgan fingerprint density at radius 3 is 2.33 bits per heavy atom. The molecule has 4 aromatic rings. The van der Waals surface area contributed by atoms with Gasteiger partial charge in [-0.05, 0) is 56.5 Å². The first-order valence-corrected chi connectivity index (χ1v) is 12.4. The van der Waals surface area contributed by atoms with E-state index in [1.165, 1.54) is 16.5 Å². The Morgan fingerprint density at radius 1 is 0.917 bits per heavy atom. The van der Waals surface area contributed by atoms with E-state index in [1.54, 1.807) is 4.90 Å². The van der Waals surface area contributed by atoms with E-state index in [2.05, 4.69) is 53.6 Å². The molecule has 1 aromatic heterocycles. The van der Waals surface area contributed by atoms with E-state index in [0.29, 0.717) is 18.8 Å². The minimum absolute atomic E-state index is 0.01000. The third-order valence-electron chi connectivity index (χ3n) is 6.39. The van der Waals surface area contributed by atoms with Gasteiger partial charge in [0, 0.05) is 41.9 Å². The maximum Gasteiger partial charge on any atom is 0.322 e. The molecule has 186 valence electrons. The average Bonchev–Trinajstić information content (AvgIpc) is 3.29. The number of H-pyrrole nitrogens is 1. The number of rotatable bonds is 9. The lowest BCUT2D eigenvalue weighted by molar-refractivity contribution is -0.132. The fourth-order valence-corrected chi connectivity index (χ4v) is 4.25. The number of carbonyl (C=O) groups is 2. The molecule has 0 saturated carbocycles. The molecule has 4 rings (SSSR count). The first-order chi connectivity index (χ1) is 17.4. The van der Waals surface area contributed by atoms with Gasteiger partial charge in [0.05, 0.1) is 0 Å². The Hall–Kier alpha value is -4.06. The van der Waals surface area contributed by atoms with Crippen molar-refractivity contribution in [3.05, 3.63) is 102 Å². The van der Waals surface area contributed by atoms with Gasteiger partial charge in [-0.1, -0.05) is 66.2 Å². The predicted octanol–water partition coefficient (Wildman–Crippen LogP) is 5.99. The molecule has 0 saturated heterocycles. The van der Waals surface area contributed by atoms with E-state index < -0.39 is 0 Å². The molecule has 6 heteroatoms. The molecule has 3 aromatic carbocycles. The number of para-hydroxylation sites is 2. The summed E-state index contributed by atoms with van der Waals surface area (Å²) in [6.45, 7) is 6.96. The van der Waals surface area contributed by atoms with E-state index in [9.17, 15) is 9.59 Å². The van der Waals surface area contributed by atoms with Gasteiger partial charge in [0.15, 0.2) is 0 Å². The van der Waals surface area contributed by atoms with E-state index >= 15 is 0 Å². The lowest BCUT2D eigenvalue weighted by atomic mass is 10.1. The van der Waals surface area contributed by atoms with Gasteiger partial charge in [0.2, 0.25) is 5.91 Å². The smallest absolute Gasteiger partial charge is 0.322 e. The van der Waals surface area contributed by atoms with Crippen LogP contribution in [0.15, 0.2) is 85.1 Å². The van der Waals surface area contributed by atoms with Crippen molar-refractivity contribution in [2.75, 3.05) is 18.4 Å². The Kier molecular flexibility index (Phi) is 8.06. The highest BCUT2D eigenvalue weighted by Crippen LogP contribution is 2.19. The van der Waals surface area contributed by atoms with Crippen LogP contribution in [0.2, 0.25) is 0 Å². The van der Waals surface area contributed by atoms with Crippen molar-refractivity contribution in [2.45, 2.75) is 39.8 Å². The maximum atomic E-state index is 13.6. The van der Waals surface area contributed by atoms with Gasteiger partial charge in [-0.3, -0.25) is 4.79 Å². The summed E-state index contributed by atoms with van der Waals surface area (Å²) in [6.07, 6.45) is 2.74. The van der Waals surface area contributed by atoms with Crippen LogP contribution in [-0.2, 0) is 17.8 Å². The van der Waals surface area contributed by atoms with Crippen LogP contribution in [0.5, 0.6) is 0 Å². The molecule has 0 bridgehead atoms. The number of fused-ring (bicyclic) bond motifs is 1. The fourth-order valence-electron chi connectivity index (χ4n) is 4.25. The monoisotopic (exact) mass is 482 g/mol. The molecule has 2 N–H and O–H groups in total. The van der Waals surface area contributed by atoms with Crippen molar-refractivity contribution >= 4 is 28.5 Å². The third kappa shape index (κ3) is 6.33. The zero-order valence-corrected chi connectivity index (χ0v) is 21.2. The highest BCUT2D eigenvalue weighted by Gasteiger charge is 2.24. The molecule has 0 aliphatic heterocycles. The molecule has 0 radical (unpaired) electrons. The molecule has 0 spiro atoms. The molecule has 0 fully saturated rings. The van der Waals surface area contributed by atoms with Crippen LogP contribution < -0.4 is 5.32 Å². The van der Waals surface area contributed by atoms with E-state index in [1.807, 2.05) is 67.4 Å². The zero-order valence-electron chi connectivity index (χ0n) is 21.2. The number of aromatic nitrogens is 1. The molecule has 6 nitrogen and oxygen atoms in total. The van der Waals surface area contributed by atoms with Gasteiger partial charge < -0.3 is 20.1 Å². The van der Waals surface area contributed by atoms with Gasteiger partial charge in [0.25, 0.3) is 0 Å². The van der Waals surface area contributed by atoms with Gasteiger partial charge >= 0.3 is 6.03 Å². The second-order valence-corrected chi connectivity index (χ2v) is 9.43. The van der Waals surface area contributed by atoms with E-state index in [4.69, 9.17) is 0 Å². The number of urea groups is 1. The van der Waals surface area contributed by atoms with Crippen molar-refractivity contribution in [2.24, 2.45) is 0 Å². The molecule has 0 aliphatic rings. The predicted molar refractivity (Wildman–Crippen MR) is 146 cm³/mol. The number of nitrogens with one attached hydrogen (secondary N) is 2. The molecular weight excluding hydrogens is 448 g/mol. The minimum Gasteiger partial charge on any atom is -0.361 e. The first-order valence-electron chi connectivity index (χ1n) is 12.4. The van der Waals surface area contributed by atoms with Crippen LogP contribution in [-0.4, -0.2) is 45.9 Å². The summed E-state index contributed by atoms with van der Waals surface area (Å²) in [4.78, 5) is 33.4. The third-order valence-corrected chi connectivity index (χ3v) is 6.39. The molecule has 36 heavy (non-hydrogen) atoms. The molecule has 0 unspecified atom stereocenters. The summed E-state index contributed by atoms with van der Waals surface area (Å²) >= 11 is 0. The summed E-state index contributed by atoms with van der Waals surface area (Å²) in [5.41, 5.74) is 5.22. The fraction of sp³-hybridized carbons (Fsp3) is 0.267. The number of nitrogens with zero attached hydrogens (tertiary/aromatic N) is 2. The zero-order chi connectivity index (χ0) is 25.5. The summed E-state index contributed by atoms with van der Waals surface area (Å²) in [5, 5.41) is 4.08. The highest BCUT2D eigenvalue weighted by molar-refractivity contribution is 5.92. The highest BCUT2D eigenvalue weighted by atomic mass is 16.2. The standard InChI is InChI=1S/C30H34N4O2/c1-22(2)34(30(36)32-26-9-5-4-6-10-26)21-29(35)33(20-24-15-13-23(3)14-16-24)18-17-25-19-31-28-12-8-7-11-27(25)28/h4-16,19,22,31H,17-18,20-21H2,1-3H3,(H,32,36). The second kappa shape index (κ2) is 11.6. The lowest BCUT2D eigenvalue weighted by Gasteiger charge is -2.30. The molecule has 0 atom stereocenters. The number of amides is 3. The summed E-state index contributed by atoms with van der Waals surface area (Å²) in [7, 11) is 0. The SMILES string of the molecule is Cc1ccc(CN(CCc2c[nH]c3ccccc23)C(=O)CN(C(=O)Nc2ccccc2)C(C)C)cc1. The normalized spacial score (nSPS) is 11.0. The average molecular weight is 483 g/mol. The van der Waals surface area contributed by atoms with Crippen LogP contribution in [0.1, 0.15) is 30.5 Å². The van der Waals surface area contributed by atoms with Crippen molar-refractivity contribution in [1.29, 1.82) is 0 Å². The van der Waals surface area contributed by atoms with Gasteiger partial charge in [-0.2, -0.15) is 0 Å². The molecule has 1 heterocycles. The number of hydrogen-bond donors (Lipinski definition) is 2. The lowest BCUT2D eigenvalue weighted by Crippen LogP contribution is -2.47. The number of carbonyl (C=O) groups excluding carboxylic acids is 2. The Bertz CT molecular complexity index is 1300. The van der Waals surface area contributed by atoms with Crippen LogP contribution >= 0.6 is 0 Å². The molecule has 3 amide bonds. The van der Waals surface area contributed by atoms with Crippen LogP contribution in [0.3, 0.4) is 0 Å². The second-order valence-electron chi connectivity index (χ2n) is 9.43. The number of aryl methyl sites for hydroxylation is 1.